The van der Waals surface area contributed by atoms with Crippen molar-refractivity contribution in [2.45, 2.75) is 56.9 Å². The monoisotopic (exact) mass is 522 g/mol. The Morgan fingerprint density at radius 3 is 2.42 bits per heavy atom. The third-order valence-electron chi connectivity index (χ3n) is 8.32. The molecular weight excluding hydrogens is 488 g/mol. The smallest absolute Gasteiger partial charge is 0.227 e. The van der Waals surface area contributed by atoms with Gasteiger partial charge in [-0.2, -0.15) is 0 Å². The third kappa shape index (κ3) is 5.34. The zero-order valence-electron chi connectivity index (χ0n) is 22.0. The molecule has 1 unspecified atom stereocenters. The highest BCUT2D eigenvalue weighted by atomic mass is 35.5. The van der Waals surface area contributed by atoms with E-state index >= 15 is 0 Å². The van der Waals surface area contributed by atoms with Crippen LogP contribution in [0.2, 0.25) is 5.02 Å². The normalized spacial score (nSPS) is 17.2. The van der Waals surface area contributed by atoms with Crippen LogP contribution in [0.15, 0.2) is 79.0 Å². The summed E-state index contributed by atoms with van der Waals surface area (Å²) in [5, 5.41) is 4.23. The van der Waals surface area contributed by atoms with Gasteiger partial charge in [0.1, 0.15) is 0 Å². The van der Waals surface area contributed by atoms with Gasteiger partial charge in [0.05, 0.1) is 5.69 Å². The first kappa shape index (κ1) is 25.1. The van der Waals surface area contributed by atoms with E-state index in [9.17, 15) is 0 Å². The topological polar surface area (TPSA) is 41.0 Å². The van der Waals surface area contributed by atoms with Gasteiger partial charge in [-0.3, -0.25) is 0 Å². The van der Waals surface area contributed by atoms with Gasteiger partial charge in [-0.15, -0.1) is 0 Å². The zero-order chi connectivity index (χ0) is 25.9. The van der Waals surface area contributed by atoms with Crippen molar-refractivity contribution in [3.8, 4) is 11.3 Å². The van der Waals surface area contributed by atoms with Crippen LogP contribution in [0, 0.1) is 0 Å². The Bertz CT molecular complexity index is 1390. The van der Waals surface area contributed by atoms with Crippen LogP contribution in [-0.2, 0) is 12.8 Å². The second-order valence-corrected chi connectivity index (χ2v) is 11.2. The Kier molecular flexibility index (Phi) is 7.44. The molecule has 1 N–H and O–H groups in total. The van der Waals surface area contributed by atoms with E-state index < -0.39 is 0 Å². The molecule has 1 heterocycles. The summed E-state index contributed by atoms with van der Waals surface area (Å²) in [6.45, 7) is 1.11. The van der Waals surface area contributed by atoms with Crippen LogP contribution in [-0.4, -0.2) is 34.5 Å². The highest BCUT2D eigenvalue weighted by Crippen LogP contribution is 2.43. The lowest BCUT2D eigenvalue weighted by molar-refractivity contribution is 0.194. The van der Waals surface area contributed by atoms with Crippen LogP contribution in [0.1, 0.15) is 60.3 Å². The van der Waals surface area contributed by atoms with E-state index in [2.05, 4.69) is 82.9 Å². The molecule has 194 valence electrons. The fourth-order valence-corrected chi connectivity index (χ4v) is 6.39. The van der Waals surface area contributed by atoms with Gasteiger partial charge in [0.15, 0.2) is 0 Å². The molecule has 1 aromatic heterocycles. The molecule has 3 aromatic carbocycles. The van der Waals surface area contributed by atoms with Crippen LogP contribution in [0.25, 0.3) is 11.3 Å². The number of halogens is 1. The molecule has 4 nitrogen and oxygen atoms in total. The second-order valence-electron chi connectivity index (χ2n) is 10.8. The van der Waals surface area contributed by atoms with Gasteiger partial charge in [-0.05, 0) is 73.2 Å². The number of rotatable bonds is 7. The second kappa shape index (κ2) is 11.3. The molecule has 0 amide bonds. The first-order valence-electron chi connectivity index (χ1n) is 13.9. The van der Waals surface area contributed by atoms with E-state index in [-0.39, 0.29) is 5.92 Å². The van der Waals surface area contributed by atoms with E-state index in [1.165, 1.54) is 43.2 Å². The molecule has 0 bridgehead atoms. The van der Waals surface area contributed by atoms with Crippen molar-refractivity contribution in [2.24, 2.45) is 0 Å². The number of anilines is 2. The third-order valence-corrected chi connectivity index (χ3v) is 8.67. The van der Waals surface area contributed by atoms with Gasteiger partial charge >= 0.3 is 0 Å². The van der Waals surface area contributed by atoms with Crippen LogP contribution in [0.4, 0.5) is 11.6 Å². The lowest BCUT2D eigenvalue weighted by Gasteiger charge is -2.31. The van der Waals surface area contributed by atoms with E-state index in [4.69, 9.17) is 16.6 Å². The minimum Gasteiger partial charge on any atom is -0.324 e. The van der Waals surface area contributed by atoms with Crippen molar-refractivity contribution >= 4 is 23.2 Å². The summed E-state index contributed by atoms with van der Waals surface area (Å²) >= 11 is 6.60. The lowest BCUT2D eigenvalue weighted by atomic mass is 9.78. The summed E-state index contributed by atoms with van der Waals surface area (Å²) in [5.74, 6) is 0.819. The number of hydrogen-bond acceptors (Lipinski definition) is 4. The molecule has 0 spiro atoms. The largest absolute Gasteiger partial charge is 0.324 e. The summed E-state index contributed by atoms with van der Waals surface area (Å²) in [4.78, 5) is 12.2. The number of nitrogens with zero attached hydrogens (tertiary/aromatic N) is 3. The molecular formula is C33H35ClN4. The number of fused-ring (bicyclic) bond motifs is 3. The average Bonchev–Trinajstić information content (AvgIpc) is 2.97. The Balaban J connectivity index is 1.16. The van der Waals surface area contributed by atoms with Crippen molar-refractivity contribution in [1.82, 2.24) is 14.9 Å². The fraction of sp³-hybridized carbons (Fsp3) is 0.333. The molecule has 6 rings (SSSR count). The van der Waals surface area contributed by atoms with Gasteiger partial charge in [0, 0.05) is 41.0 Å². The van der Waals surface area contributed by atoms with Gasteiger partial charge in [-0.25, -0.2) is 9.97 Å². The number of benzene rings is 3. The van der Waals surface area contributed by atoms with Gasteiger partial charge in [0.2, 0.25) is 5.95 Å². The molecule has 1 saturated carbocycles. The molecule has 5 heteroatoms. The predicted molar refractivity (Wildman–Crippen MR) is 157 cm³/mol. The molecule has 2 aliphatic rings. The highest BCUT2D eigenvalue weighted by Gasteiger charge is 2.28. The van der Waals surface area contributed by atoms with E-state index in [1.807, 2.05) is 18.3 Å². The number of likely N-dealkylation sites (N-methyl/N-ethyl adjacent to an activating group) is 1. The van der Waals surface area contributed by atoms with Crippen LogP contribution >= 0.6 is 11.6 Å². The molecule has 0 aliphatic heterocycles. The Labute approximate surface area is 231 Å². The van der Waals surface area contributed by atoms with Crippen molar-refractivity contribution < 1.29 is 0 Å². The maximum Gasteiger partial charge on any atom is 0.227 e. The Morgan fingerprint density at radius 1 is 0.895 bits per heavy atom. The zero-order valence-corrected chi connectivity index (χ0v) is 22.8. The SMILES string of the molecule is CN(CCc1ccc(Nc2ncc3c(n2)-c2ccccc2C(c2ccccc2Cl)C3)cc1)C1CCCCC1. The van der Waals surface area contributed by atoms with Gasteiger partial charge in [0.25, 0.3) is 0 Å². The molecule has 4 aromatic rings. The van der Waals surface area contributed by atoms with Gasteiger partial charge < -0.3 is 10.2 Å². The standard InChI is InChI=1S/C33H35ClN4/c1-38(26-9-3-2-4-10-26)20-19-23-15-17-25(18-16-23)36-33-35-22-24-21-30(28-12-7-8-14-31(28)34)27-11-5-6-13-29(27)32(24)37-33/h5-8,11-18,22,26,30H,2-4,9-10,19-21H2,1H3,(H,35,36,37). The fourth-order valence-electron chi connectivity index (χ4n) is 6.12. The summed E-state index contributed by atoms with van der Waals surface area (Å²) < 4.78 is 0. The highest BCUT2D eigenvalue weighted by molar-refractivity contribution is 6.31. The first-order valence-corrected chi connectivity index (χ1v) is 14.3. The number of aromatic nitrogens is 2. The van der Waals surface area contributed by atoms with Crippen LogP contribution < -0.4 is 5.32 Å². The van der Waals surface area contributed by atoms with Crippen molar-refractivity contribution in [2.75, 3.05) is 18.9 Å². The van der Waals surface area contributed by atoms with E-state index in [0.717, 1.165) is 58.5 Å². The maximum atomic E-state index is 6.60. The summed E-state index contributed by atoms with van der Waals surface area (Å²) in [7, 11) is 2.29. The lowest BCUT2D eigenvalue weighted by Crippen LogP contribution is -2.34. The first-order chi connectivity index (χ1) is 18.7. The molecule has 38 heavy (non-hydrogen) atoms. The van der Waals surface area contributed by atoms with Crippen LogP contribution in [0.3, 0.4) is 0 Å². The molecule has 2 aliphatic carbocycles. The van der Waals surface area contributed by atoms with Crippen LogP contribution in [0.5, 0.6) is 0 Å². The van der Waals surface area contributed by atoms with Gasteiger partial charge in [-0.1, -0.05) is 85.5 Å². The summed E-state index contributed by atoms with van der Waals surface area (Å²) in [6, 6.07) is 26.2. The molecule has 0 radical (unpaired) electrons. The molecule has 1 fully saturated rings. The molecule has 1 atom stereocenters. The number of nitrogens with one attached hydrogen (secondary N) is 1. The quantitative estimate of drug-likeness (QED) is 0.266. The van der Waals surface area contributed by atoms with Crippen molar-refractivity contribution in [1.29, 1.82) is 0 Å². The van der Waals surface area contributed by atoms with Crippen molar-refractivity contribution in [3.05, 3.63) is 106 Å². The average molecular weight is 523 g/mol. The summed E-state index contributed by atoms with van der Waals surface area (Å²) in [6.07, 6.45) is 10.8. The predicted octanol–water partition coefficient (Wildman–Crippen LogP) is 8.04. The Morgan fingerprint density at radius 2 is 1.63 bits per heavy atom. The van der Waals surface area contributed by atoms with E-state index in [0.29, 0.717) is 5.95 Å². The molecule has 0 saturated heterocycles. The summed E-state index contributed by atoms with van der Waals surface area (Å²) in [5.41, 5.74) is 8.10. The van der Waals surface area contributed by atoms with Crippen molar-refractivity contribution in [3.63, 3.8) is 0 Å². The Hall–Kier alpha value is -3.21. The maximum absolute atomic E-state index is 6.60. The minimum atomic E-state index is 0.194. The minimum absolute atomic E-state index is 0.194. The van der Waals surface area contributed by atoms with E-state index in [1.54, 1.807) is 0 Å². The number of hydrogen-bond donors (Lipinski definition) is 1.